The molecule has 2 heterocycles. The molecule has 2 bridgehead atoms. The lowest BCUT2D eigenvalue weighted by atomic mass is 9.63. The topological polar surface area (TPSA) is 71.4 Å². The highest BCUT2D eigenvalue weighted by Gasteiger charge is 2.67. The van der Waals surface area contributed by atoms with E-state index in [1.54, 1.807) is 28.9 Å². The van der Waals surface area contributed by atoms with Crippen LogP contribution in [0.5, 0.6) is 0 Å². The SMILES string of the molecule is Cc1ccc(C)n1NC(=O)c1cccc(N2C(=O)[C@@H]3[C@H]4C=C[C@@H]([C@@H]5C[C@H]45)[C@@H]3C2=O)c1. The molecule has 4 aliphatic carbocycles. The van der Waals surface area contributed by atoms with Crippen molar-refractivity contribution >= 4 is 23.4 Å². The third-order valence-corrected chi connectivity index (χ3v) is 7.51. The Kier molecular flexibility index (Phi) is 3.50. The van der Waals surface area contributed by atoms with Crippen molar-refractivity contribution in [1.29, 1.82) is 0 Å². The van der Waals surface area contributed by atoms with Gasteiger partial charge in [-0.2, -0.15) is 0 Å². The van der Waals surface area contributed by atoms with E-state index >= 15 is 0 Å². The second-order valence-electron chi connectivity index (χ2n) is 9.11. The van der Waals surface area contributed by atoms with E-state index in [-0.39, 0.29) is 41.4 Å². The van der Waals surface area contributed by atoms with Crippen molar-refractivity contribution in [3.63, 3.8) is 0 Å². The number of hydrogen-bond donors (Lipinski definition) is 1. The molecule has 7 rings (SSSR count). The lowest BCUT2D eigenvalue weighted by molar-refractivity contribution is -0.124. The summed E-state index contributed by atoms with van der Waals surface area (Å²) in [6.07, 6.45) is 5.48. The monoisotopic (exact) mass is 401 g/mol. The van der Waals surface area contributed by atoms with Crippen LogP contribution >= 0.6 is 0 Å². The van der Waals surface area contributed by atoms with Crippen molar-refractivity contribution in [1.82, 2.24) is 4.68 Å². The Morgan fingerprint density at radius 3 is 2.13 bits per heavy atom. The first kappa shape index (κ1) is 17.7. The number of anilines is 1. The fraction of sp³-hybridized carbons (Fsp3) is 0.375. The molecule has 1 aromatic heterocycles. The van der Waals surface area contributed by atoms with Crippen LogP contribution in [0.25, 0.3) is 0 Å². The third kappa shape index (κ3) is 2.27. The van der Waals surface area contributed by atoms with Gasteiger partial charge in [0, 0.05) is 17.0 Å². The molecule has 0 unspecified atom stereocenters. The van der Waals surface area contributed by atoms with Gasteiger partial charge in [-0.05, 0) is 74.3 Å². The number of aromatic nitrogens is 1. The zero-order valence-corrected chi connectivity index (χ0v) is 16.9. The molecule has 2 saturated carbocycles. The van der Waals surface area contributed by atoms with Crippen LogP contribution in [0, 0.1) is 49.4 Å². The van der Waals surface area contributed by atoms with Gasteiger partial charge in [-0.3, -0.25) is 24.5 Å². The molecular formula is C24H23N3O3. The summed E-state index contributed by atoms with van der Waals surface area (Å²) in [4.78, 5) is 40.8. The molecule has 6 nitrogen and oxygen atoms in total. The van der Waals surface area contributed by atoms with Crippen LogP contribution in [-0.2, 0) is 9.59 Å². The number of hydrogen-bond acceptors (Lipinski definition) is 3. The van der Waals surface area contributed by atoms with Crippen molar-refractivity contribution in [3.05, 3.63) is 65.5 Å². The van der Waals surface area contributed by atoms with Gasteiger partial charge in [-0.25, -0.2) is 4.90 Å². The van der Waals surface area contributed by atoms with E-state index in [1.165, 1.54) is 4.90 Å². The largest absolute Gasteiger partial charge is 0.274 e. The summed E-state index contributed by atoms with van der Waals surface area (Å²) < 4.78 is 1.73. The van der Waals surface area contributed by atoms with Crippen molar-refractivity contribution in [2.45, 2.75) is 20.3 Å². The Labute approximate surface area is 174 Å². The summed E-state index contributed by atoms with van der Waals surface area (Å²) in [5.41, 5.74) is 5.63. The number of amides is 3. The molecular weight excluding hydrogens is 378 g/mol. The number of carbonyl (C=O) groups excluding carboxylic acids is 3. The quantitative estimate of drug-likeness (QED) is 0.635. The number of imide groups is 1. The molecule has 1 aromatic carbocycles. The van der Waals surface area contributed by atoms with Crippen molar-refractivity contribution in [2.75, 3.05) is 10.3 Å². The van der Waals surface area contributed by atoms with Crippen LogP contribution in [0.2, 0.25) is 0 Å². The molecule has 3 amide bonds. The molecule has 0 radical (unpaired) electrons. The summed E-state index contributed by atoms with van der Waals surface area (Å²) in [6, 6.07) is 10.7. The second kappa shape index (κ2) is 5.94. The van der Waals surface area contributed by atoms with E-state index in [4.69, 9.17) is 0 Å². The number of rotatable bonds is 3. The van der Waals surface area contributed by atoms with Gasteiger partial charge in [0.2, 0.25) is 11.8 Å². The fourth-order valence-corrected chi connectivity index (χ4v) is 6.01. The normalized spacial score (nSPS) is 32.9. The Balaban J connectivity index is 1.30. The van der Waals surface area contributed by atoms with Gasteiger partial charge in [0.25, 0.3) is 5.91 Å². The molecule has 1 saturated heterocycles. The van der Waals surface area contributed by atoms with E-state index in [0.29, 0.717) is 23.1 Å². The van der Waals surface area contributed by atoms with Crippen LogP contribution < -0.4 is 10.3 Å². The van der Waals surface area contributed by atoms with Crippen LogP contribution in [-0.4, -0.2) is 22.4 Å². The molecule has 1 aliphatic heterocycles. The number of nitrogens with zero attached hydrogens (tertiary/aromatic N) is 2. The highest BCUT2D eigenvalue weighted by atomic mass is 16.2. The second-order valence-corrected chi connectivity index (χ2v) is 9.11. The maximum Gasteiger partial charge on any atom is 0.270 e. The van der Waals surface area contributed by atoms with Gasteiger partial charge in [0.05, 0.1) is 17.5 Å². The minimum Gasteiger partial charge on any atom is -0.274 e. The van der Waals surface area contributed by atoms with Gasteiger partial charge in [-0.15, -0.1) is 0 Å². The number of benzene rings is 1. The van der Waals surface area contributed by atoms with Crippen molar-refractivity contribution in [3.8, 4) is 0 Å². The first-order chi connectivity index (χ1) is 14.5. The lowest BCUT2D eigenvalue weighted by Crippen LogP contribution is -2.40. The molecule has 6 heteroatoms. The number of nitrogens with one attached hydrogen (secondary N) is 1. The highest BCUT2D eigenvalue weighted by molar-refractivity contribution is 6.23. The van der Waals surface area contributed by atoms with Gasteiger partial charge in [-0.1, -0.05) is 18.2 Å². The van der Waals surface area contributed by atoms with E-state index in [0.717, 1.165) is 17.8 Å². The van der Waals surface area contributed by atoms with E-state index in [9.17, 15) is 14.4 Å². The molecule has 6 atom stereocenters. The van der Waals surface area contributed by atoms with Gasteiger partial charge in [0.15, 0.2) is 0 Å². The zero-order valence-electron chi connectivity index (χ0n) is 16.9. The predicted octanol–water partition coefficient (Wildman–Crippen LogP) is 3.05. The van der Waals surface area contributed by atoms with Crippen LogP contribution in [0.1, 0.15) is 28.2 Å². The summed E-state index contributed by atoms with van der Waals surface area (Å²) >= 11 is 0. The molecule has 1 N–H and O–H groups in total. The lowest BCUT2D eigenvalue weighted by Gasteiger charge is -2.37. The van der Waals surface area contributed by atoms with E-state index in [2.05, 4.69) is 17.6 Å². The number of allylic oxidation sites excluding steroid dienone is 2. The maximum atomic E-state index is 13.3. The van der Waals surface area contributed by atoms with E-state index < -0.39 is 0 Å². The Hall–Kier alpha value is -3.15. The van der Waals surface area contributed by atoms with Crippen molar-refractivity contribution in [2.24, 2.45) is 35.5 Å². The molecule has 0 spiro atoms. The molecule has 2 aromatic rings. The average molecular weight is 401 g/mol. The van der Waals surface area contributed by atoms with Gasteiger partial charge in [0.1, 0.15) is 0 Å². The minimum atomic E-state index is -0.279. The molecule has 5 aliphatic rings. The van der Waals surface area contributed by atoms with Gasteiger partial charge < -0.3 is 0 Å². The highest BCUT2D eigenvalue weighted by Crippen LogP contribution is 2.65. The Bertz CT molecular complexity index is 1090. The standard InChI is InChI=1S/C24H23N3O3/c1-12-6-7-13(2)27(12)25-22(28)14-4-3-5-15(10-14)26-23(29)20-16-8-9-17(19-11-18(16)19)21(20)24(26)30/h3-10,16-21H,11H2,1-2H3,(H,25,28)/t16-,17-,18-,19+,20-,21+/m0/s1. The first-order valence-electron chi connectivity index (χ1n) is 10.6. The van der Waals surface area contributed by atoms with Crippen LogP contribution in [0.3, 0.4) is 0 Å². The van der Waals surface area contributed by atoms with Gasteiger partial charge >= 0.3 is 0 Å². The smallest absolute Gasteiger partial charge is 0.270 e. The maximum absolute atomic E-state index is 13.3. The first-order valence-corrected chi connectivity index (χ1v) is 10.6. The summed E-state index contributed by atoms with van der Waals surface area (Å²) in [5, 5.41) is 0. The van der Waals surface area contributed by atoms with Crippen LogP contribution in [0.15, 0.2) is 48.6 Å². The summed E-state index contributed by atoms with van der Waals surface area (Å²) in [5.74, 6) is 0.562. The molecule has 152 valence electrons. The molecule has 3 fully saturated rings. The number of carbonyl (C=O) groups is 3. The molecule has 30 heavy (non-hydrogen) atoms. The summed E-state index contributed by atoms with van der Waals surface area (Å²) in [7, 11) is 0. The Morgan fingerprint density at radius 2 is 1.53 bits per heavy atom. The summed E-state index contributed by atoms with van der Waals surface area (Å²) in [6.45, 7) is 3.83. The minimum absolute atomic E-state index is 0.107. The third-order valence-electron chi connectivity index (χ3n) is 7.51. The predicted molar refractivity (Wildman–Crippen MR) is 111 cm³/mol. The van der Waals surface area contributed by atoms with E-state index in [1.807, 2.05) is 26.0 Å². The fourth-order valence-electron chi connectivity index (χ4n) is 6.01. The van der Waals surface area contributed by atoms with Crippen molar-refractivity contribution < 1.29 is 14.4 Å². The van der Waals surface area contributed by atoms with Crippen LogP contribution in [0.4, 0.5) is 5.69 Å². The average Bonchev–Trinajstić information content (AvgIpc) is 3.46. The Morgan fingerprint density at radius 1 is 0.933 bits per heavy atom. The zero-order chi connectivity index (χ0) is 20.7. The number of aryl methyl sites for hydroxylation is 2.